The molecule has 0 aromatic carbocycles. The Morgan fingerprint density at radius 2 is 2.20 bits per heavy atom. The van der Waals surface area contributed by atoms with Gasteiger partial charge in [-0.1, -0.05) is 6.92 Å². The number of nitrogens with one attached hydrogen (secondary N) is 1. The van der Waals surface area contributed by atoms with Gasteiger partial charge in [0.2, 0.25) is 0 Å². The normalized spacial score (nSPS) is 27.6. The number of alkyl halides is 3. The van der Waals surface area contributed by atoms with Crippen LogP contribution in [0.4, 0.5) is 19.0 Å². The van der Waals surface area contributed by atoms with E-state index in [4.69, 9.17) is 5.11 Å². The highest BCUT2D eigenvalue weighted by Crippen LogP contribution is 2.54. The van der Waals surface area contributed by atoms with E-state index in [0.717, 1.165) is 17.5 Å². The fourth-order valence-corrected chi connectivity index (χ4v) is 2.68. The van der Waals surface area contributed by atoms with Crippen molar-refractivity contribution in [1.29, 1.82) is 0 Å². The number of halogens is 3. The minimum atomic E-state index is -4.44. The first kappa shape index (κ1) is 13.3. The van der Waals surface area contributed by atoms with Crippen molar-refractivity contribution in [2.75, 3.05) is 5.32 Å². The molecule has 0 radical (unpaired) electrons. The number of anilines is 1. The average molecular weight is 289 g/mol. The lowest BCUT2D eigenvalue weighted by Crippen LogP contribution is -2.42. The number of nitrogens with zero attached hydrogens (tertiary/aromatic N) is 2. The minimum absolute atomic E-state index is 0.117. The molecule has 1 aliphatic heterocycles. The first-order valence-corrected chi connectivity index (χ1v) is 6.37. The average Bonchev–Trinajstić information content (AvgIpc) is 2.93. The number of carbonyl (C=O) groups is 1. The van der Waals surface area contributed by atoms with Crippen molar-refractivity contribution in [3.63, 3.8) is 0 Å². The summed E-state index contributed by atoms with van der Waals surface area (Å²) in [5.74, 6) is -1.20. The number of fused-ring (bicyclic) bond motifs is 1. The molecule has 2 aliphatic rings. The fourth-order valence-electron chi connectivity index (χ4n) is 2.68. The Bertz CT molecular complexity index is 563. The third-order valence-corrected chi connectivity index (χ3v) is 4.29. The van der Waals surface area contributed by atoms with Crippen LogP contribution >= 0.6 is 0 Å². The first-order valence-electron chi connectivity index (χ1n) is 6.37. The van der Waals surface area contributed by atoms with E-state index in [1.807, 2.05) is 6.92 Å². The molecule has 1 aliphatic carbocycles. The summed E-state index contributed by atoms with van der Waals surface area (Å²) in [5.41, 5.74) is -0.508. The van der Waals surface area contributed by atoms with Gasteiger partial charge in [-0.05, 0) is 24.7 Å². The molecule has 0 unspecified atom stereocenters. The number of carboxylic acid groups (broad SMARTS) is 1. The molecule has 0 saturated heterocycles. The van der Waals surface area contributed by atoms with Crippen LogP contribution in [0.1, 0.15) is 42.7 Å². The summed E-state index contributed by atoms with van der Waals surface area (Å²) in [4.78, 5) is 10.9. The van der Waals surface area contributed by atoms with Crippen LogP contribution in [0.5, 0.6) is 0 Å². The van der Waals surface area contributed by atoms with Crippen LogP contribution < -0.4 is 5.32 Å². The maximum Gasteiger partial charge on any atom is 0.410 e. The van der Waals surface area contributed by atoms with Crippen LogP contribution in [0, 0.1) is 5.41 Å². The molecule has 0 amide bonds. The molecule has 5 nitrogen and oxygen atoms in total. The van der Waals surface area contributed by atoms with Crippen LogP contribution in [-0.2, 0) is 0 Å². The Morgan fingerprint density at radius 3 is 2.70 bits per heavy atom. The zero-order valence-electron chi connectivity index (χ0n) is 10.7. The number of aromatic nitrogens is 2. The second-order valence-electron chi connectivity index (χ2n) is 5.81. The van der Waals surface area contributed by atoms with Gasteiger partial charge in [-0.25, -0.2) is 9.48 Å². The van der Waals surface area contributed by atoms with Crippen molar-refractivity contribution in [1.82, 2.24) is 9.78 Å². The molecule has 1 aromatic rings. The lowest BCUT2D eigenvalue weighted by Gasteiger charge is -2.36. The van der Waals surface area contributed by atoms with E-state index < -0.39 is 18.2 Å². The van der Waals surface area contributed by atoms with E-state index in [1.54, 1.807) is 0 Å². The van der Waals surface area contributed by atoms with E-state index in [1.165, 1.54) is 6.07 Å². The third kappa shape index (κ3) is 2.03. The quantitative estimate of drug-likeness (QED) is 0.878. The molecule has 2 atom stereocenters. The molecule has 2 heterocycles. The Hall–Kier alpha value is -1.73. The Balaban J connectivity index is 2.01. The highest BCUT2D eigenvalue weighted by molar-refractivity contribution is 5.86. The van der Waals surface area contributed by atoms with Gasteiger partial charge in [0.1, 0.15) is 5.82 Å². The summed E-state index contributed by atoms with van der Waals surface area (Å²) >= 11 is 0. The molecule has 1 saturated carbocycles. The van der Waals surface area contributed by atoms with E-state index in [-0.39, 0.29) is 29.4 Å². The molecular weight excluding hydrogens is 275 g/mol. The summed E-state index contributed by atoms with van der Waals surface area (Å²) in [6, 6.07) is -0.909. The van der Waals surface area contributed by atoms with Gasteiger partial charge in [0.05, 0.1) is 0 Å². The first-order chi connectivity index (χ1) is 9.21. The van der Waals surface area contributed by atoms with Gasteiger partial charge in [0.15, 0.2) is 11.7 Å². The lowest BCUT2D eigenvalue weighted by molar-refractivity contribution is -0.174. The monoisotopic (exact) mass is 289 g/mol. The number of hydrogen-bond donors (Lipinski definition) is 2. The van der Waals surface area contributed by atoms with E-state index in [2.05, 4.69) is 10.4 Å². The van der Waals surface area contributed by atoms with Gasteiger partial charge in [-0.3, -0.25) is 0 Å². The standard InChI is InChI=1S/C12H14F3N3O2/c1-11(2-3-11)7-5-8(12(13,14)15)18-9(16-7)4-6(17-18)10(19)20/h4,7-8,16H,2-3,5H2,1H3,(H,19,20)/t7-,8+/m1/s1. The van der Waals surface area contributed by atoms with Crippen molar-refractivity contribution < 1.29 is 23.1 Å². The summed E-state index contributed by atoms with van der Waals surface area (Å²) in [6.07, 6.45) is -2.79. The number of aromatic carboxylic acids is 1. The van der Waals surface area contributed by atoms with E-state index >= 15 is 0 Å². The number of rotatable bonds is 2. The zero-order chi connectivity index (χ0) is 14.7. The topological polar surface area (TPSA) is 67.2 Å². The summed E-state index contributed by atoms with van der Waals surface area (Å²) in [7, 11) is 0. The molecule has 110 valence electrons. The SMILES string of the molecule is CC1([C@H]2C[C@@H](C(F)(F)F)n3nc(C(=O)O)cc3N2)CC1. The van der Waals surface area contributed by atoms with Gasteiger partial charge in [-0.2, -0.15) is 18.3 Å². The molecule has 1 aromatic heterocycles. The van der Waals surface area contributed by atoms with Crippen LogP contribution in [0.2, 0.25) is 0 Å². The van der Waals surface area contributed by atoms with E-state index in [0.29, 0.717) is 0 Å². The summed E-state index contributed by atoms with van der Waals surface area (Å²) < 4.78 is 40.3. The lowest BCUT2D eigenvalue weighted by atomic mass is 9.90. The van der Waals surface area contributed by atoms with Crippen LogP contribution in [0.15, 0.2) is 6.07 Å². The molecule has 0 bridgehead atoms. The summed E-state index contributed by atoms with van der Waals surface area (Å²) in [5, 5.41) is 15.5. The fraction of sp³-hybridized carbons (Fsp3) is 0.667. The van der Waals surface area contributed by atoms with E-state index in [9.17, 15) is 18.0 Å². The molecular formula is C12H14F3N3O2. The maximum atomic E-state index is 13.2. The number of carboxylic acids is 1. The summed E-state index contributed by atoms with van der Waals surface area (Å²) in [6.45, 7) is 1.95. The molecule has 0 spiro atoms. The second-order valence-corrected chi connectivity index (χ2v) is 5.81. The molecule has 1 fully saturated rings. The van der Waals surface area contributed by atoms with Gasteiger partial charge in [0.25, 0.3) is 0 Å². The third-order valence-electron chi connectivity index (χ3n) is 4.29. The Morgan fingerprint density at radius 1 is 1.55 bits per heavy atom. The predicted molar refractivity (Wildman–Crippen MR) is 63.6 cm³/mol. The molecule has 3 rings (SSSR count). The Labute approximate surface area is 112 Å². The van der Waals surface area contributed by atoms with Crippen LogP contribution in [-0.4, -0.2) is 33.1 Å². The molecule has 20 heavy (non-hydrogen) atoms. The Kier molecular flexibility index (Phi) is 2.58. The van der Waals surface area contributed by atoms with Gasteiger partial charge in [-0.15, -0.1) is 0 Å². The second kappa shape index (κ2) is 3.89. The van der Waals surface area contributed by atoms with Crippen molar-refractivity contribution in [2.45, 2.75) is 44.4 Å². The number of hydrogen-bond acceptors (Lipinski definition) is 3. The van der Waals surface area contributed by atoms with Crippen LogP contribution in [0.25, 0.3) is 0 Å². The maximum absolute atomic E-state index is 13.2. The molecule has 2 N–H and O–H groups in total. The predicted octanol–water partition coefficient (Wildman–Crippen LogP) is 2.67. The largest absolute Gasteiger partial charge is 0.476 e. The van der Waals surface area contributed by atoms with Crippen LogP contribution in [0.3, 0.4) is 0 Å². The van der Waals surface area contributed by atoms with Gasteiger partial charge >= 0.3 is 12.1 Å². The van der Waals surface area contributed by atoms with Gasteiger partial charge < -0.3 is 10.4 Å². The minimum Gasteiger partial charge on any atom is -0.476 e. The smallest absolute Gasteiger partial charge is 0.410 e. The highest BCUT2D eigenvalue weighted by Gasteiger charge is 2.53. The highest BCUT2D eigenvalue weighted by atomic mass is 19.4. The van der Waals surface area contributed by atoms with Gasteiger partial charge in [0, 0.05) is 12.1 Å². The van der Waals surface area contributed by atoms with Crippen molar-refractivity contribution in [3.8, 4) is 0 Å². The zero-order valence-corrected chi connectivity index (χ0v) is 10.7. The van der Waals surface area contributed by atoms with Crippen molar-refractivity contribution in [2.24, 2.45) is 5.41 Å². The van der Waals surface area contributed by atoms with Crippen molar-refractivity contribution in [3.05, 3.63) is 11.8 Å². The molecule has 8 heteroatoms. The van der Waals surface area contributed by atoms with Crippen molar-refractivity contribution >= 4 is 11.8 Å².